The van der Waals surface area contributed by atoms with E-state index in [1.54, 1.807) is 0 Å². The molecule has 0 aliphatic carbocycles. The third kappa shape index (κ3) is 5.54. The molecule has 0 unspecified atom stereocenters. The van der Waals surface area contributed by atoms with Crippen molar-refractivity contribution in [3.8, 4) is 0 Å². The molecule has 6 heteroatoms. The van der Waals surface area contributed by atoms with Gasteiger partial charge in [0.15, 0.2) is 0 Å². The van der Waals surface area contributed by atoms with Gasteiger partial charge >= 0.3 is 0 Å². The van der Waals surface area contributed by atoms with Gasteiger partial charge in [-0.05, 0) is 121 Å². The molecule has 226 valence electrons. The summed E-state index contributed by atoms with van der Waals surface area (Å²) in [5.41, 5.74) is 10.7. The highest BCUT2D eigenvalue weighted by Gasteiger charge is 2.19. The number of hydrogen-bond acceptors (Lipinski definition) is 6. The largest absolute Gasteiger partial charge is 0.334 e. The van der Waals surface area contributed by atoms with Gasteiger partial charge in [-0.15, -0.1) is 0 Å². The van der Waals surface area contributed by atoms with Crippen molar-refractivity contribution in [2.45, 2.75) is 40.8 Å². The van der Waals surface area contributed by atoms with Gasteiger partial charge in [0.05, 0.1) is 45.5 Å². The lowest BCUT2D eigenvalue weighted by molar-refractivity contribution is 0.946. The predicted octanol–water partition coefficient (Wildman–Crippen LogP) is 9.48. The predicted molar refractivity (Wildman–Crippen MR) is 189 cm³/mol. The maximum atomic E-state index is 4.63. The highest BCUT2D eigenvalue weighted by atomic mass is 15.2. The van der Waals surface area contributed by atoms with E-state index in [0.29, 0.717) is 13.1 Å². The molecule has 7 aromatic rings. The van der Waals surface area contributed by atoms with Gasteiger partial charge in [-0.1, -0.05) is 36.4 Å². The van der Waals surface area contributed by atoms with Crippen LogP contribution >= 0.6 is 0 Å². The van der Waals surface area contributed by atoms with Crippen molar-refractivity contribution < 1.29 is 0 Å². The number of rotatable bonds is 8. The molecule has 4 heterocycles. The maximum Gasteiger partial charge on any atom is 0.0630 e. The van der Waals surface area contributed by atoms with Gasteiger partial charge in [-0.3, -0.25) is 19.9 Å². The number of benzene rings is 3. The highest BCUT2D eigenvalue weighted by molar-refractivity contribution is 6.01. The van der Waals surface area contributed by atoms with Crippen LogP contribution in [0, 0.1) is 27.7 Å². The van der Waals surface area contributed by atoms with Crippen LogP contribution in [0.5, 0.6) is 0 Å². The third-order valence-corrected chi connectivity index (χ3v) is 8.80. The first-order valence-electron chi connectivity index (χ1n) is 15.6. The molecule has 0 spiro atoms. The standard InChI is InChI=1S/C40H36N6/c1-27-37(15-7-19-41-27)45(38-16-8-20-42-28(38)2)25-33-13-5-11-31-23-32-12-6-14-34(36(32)24-35(31)33)26-46(39-17-9-21-43-29(39)3)40-18-10-22-44-30(40)4/h5-24H,25-26H2,1-4H3. The smallest absolute Gasteiger partial charge is 0.0630 e. The first-order valence-corrected chi connectivity index (χ1v) is 15.6. The minimum atomic E-state index is 0.681. The van der Waals surface area contributed by atoms with Crippen molar-refractivity contribution in [2.24, 2.45) is 0 Å². The average Bonchev–Trinajstić information content (AvgIpc) is 3.07. The molecular formula is C40H36N6. The quantitative estimate of drug-likeness (QED) is 0.162. The van der Waals surface area contributed by atoms with Crippen LogP contribution in [0.1, 0.15) is 33.9 Å². The molecule has 7 rings (SSSR count). The van der Waals surface area contributed by atoms with Crippen LogP contribution in [-0.2, 0) is 13.1 Å². The van der Waals surface area contributed by atoms with Gasteiger partial charge in [-0.2, -0.15) is 0 Å². The summed E-state index contributed by atoms with van der Waals surface area (Å²) in [6.07, 6.45) is 7.40. The van der Waals surface area contributed by atoms with E-state index in [1.165, 1.54) is 32.7 Å². The molecule has 0 saturated heterocycles. The minimum absolute atomic E-state index is 0.681. The van der Waals surface area contributed by atoms with Crippen molar-refractivity contribution in [2.75, 3.05) is 9.80 Å². The lowest BCUT2D eigenvalue weighted by Crippen LogP contribution is -2.20. The van der Waals surface area contributed by atoms with Gasteiger partial charge in [0, 0.05) is 37.9 Å². The Morgan fingerprint density at radius 2 is 0.761 bits per heavy atom. The fraction of sp³-hybridized carbons (Fsp3) is 0.150. The van der Waals surface area contributed by atoms with Crippen LogP contribution in [0.2, 0.25) is 0 Å². The van der Waals surface area contributed by atoms with Crippen LogP contribution in [-0.4, -0.2) is 19.9 Å². The van der Waals surface area contributed by atoms with E-state index in [9.17, 15) is 0 Å². The summed E-state index contributed by atoms with van der Waals surface area (Å²) in [6, 6.07) is 34.5. The molecule has 0 radical (unpaired) electrons. The number of anilines is 4. The summed E-state index contributed by atoms with van der Waals surface area (Å²) >= 11 is 0. The van der Waals surface area contributed by atoms with Gasteiger partial charge in [-0.25, -0.2) is 0 Å². The Morgan fingerprint density at radius 3 is 1.09 bits per heavy atom. The topological polar surface area (TPSA) is 58.0 Å². The van der Waals surface area contributed by atoms with E-state index in [2.05, 4.69) is 130 Å². The number of hydrogen-bond donors (Lipinski definition) is 0. The summed E-state index contributed by atoms with van der Waals surface area (Å²) in [5.74, 6) is 0. The zero-order chi connectivity index (χ0) is 31.6. The van der Waals surface area contributed by atoms with Crippen molar-refractivity contribution in [1.82, 2.24) is 19.9 Å². The van der Waals surface area contributed by atoms with E-state index in [-0.39, 0.29) is 0 Å². The van der Waals surface area contributed by atoms with Crippen LogP contribution < -0.4 is 9.80 Å². The minimum Gasteiger partial charge on any atom is -0.334 e. The zero-order valence-corrected chi connectivity index (χ0v) is 26.6. The van der Waals surface area contributed by atoms with Gasteiger partial charge in [0.2, 0.25) is 0 Å². The molecule has 0 fully saturated rings. The lowest BCUT2D eigenvalue weighted by atomic mass is 9.96. The van der Waals surface area contributed by atoms with E-state index >= 15 is 0 Å². The van der Waals surface area contributed by atoms with E-state index in [4.69, 9.17) is 0 Å². The monoisotopic (exact) mass is 600 g/mol. The first kappa shape index (κ1) is 29.1. The molecule has 0 aliphatic heterocycles. The van der Waals surface area contributed by atoms with Crippen molar-refractivity contribution in [3.63, 3.8) is 0 Å². The average molecular weight is 601 g/mol. The van der Waals surface area contributed by atoms with Crippen LogP contribution in [0.3, 0.4) is 0 Å². The van der Waals surface area contributed by atoms with Crippen LogP contribution in [0.25, 0.3) is 21.5 Å². The van der Waals surface area contributed by atoms with E-state index in [1.807, 2.05) is 49.1 Å². The van der Waals surface area contributed by atoms with Gasteiger partial charge in [0.25, 0.3) is 0 Å². The van der Waals surface area contributed by atoms with E-state index < -0.39 is 0 Å². The molecule has 0 atom stereocenters. The van der Waals surface area contributed by atoms with Gasteiger partial charge < -0.3 is 9.80 Å². The Kier molecular flexibility index (Phi) is 7.85. The van der Waals surface area contributed by atoms with Crippen molar-refractivity contribution >= 4 is 44.3 Å². The normalized spacial score (nSPS) is 11.2. The Labute approximate surface area is 270 Å². The second kappa shape index (κ2) is 12.4. The molecule has 6 nitrogen and oxygen atoms in total. The number of aromatic nitrogens is 4. The summed E-state index contributed by atoms with van der Waals surface area (Å²) in [6.45, 7) is 9.63. The van der Waals surface area contributed by atoms with Crippen molar-refractivity contribution in [1.29, 1.82) is 0 Å². The Morgan fingerprint density at radius 1 is 0.413 bits per heavy atom. The fourth-order valence-electron chi connectivity index (χ4n) is 6.44. The number of pyridine rings is 4. The highest BCUT2D eigenvalue weighted by Crippen LogP contribution is 2.36. The summed E-state index contributed by atoms with van der Waals surface area (Å²) < 4.78 is 0. The summed E-state index contributed by atoms with van der Waals surface area (Å²) in [4.78, 5) is 23.2. The number of fused-ring (bicyclic) bond motifs is 2. The molecule has 0 N–H and O–H groups in total. The first-order chi connectivity index (χ1) is 22.5. The van der Waals surface area contributed by atoms with E-state index in [0.717, 1.165) is 45.5 Å². The number of nitrogens with zero attached hydrogens (tertiary/aromatic N) is 6. The SMILES string of the molecule is Cc1ncccc1N(Cc1cccc2cc3cccc(CN(c4cccnc4C)c4cccnc4C)c3cc12)c1cccnc1C. The Hall–Kier alpha value is -5.62. The molecular weight excluding hydrogens is 564 g/mol. The molecule has 0 aliphatic rings. The van der Waals surface area contributed by atoms with Crippen LogP contribution in [0.15, 0.2) is 122 Å². The molecule has 3 aromatic carbocycles. The third-order valence-electron chi connectivity index (χ3n) is 8.80. The Balaban J connectivity index is 1.37. The summed E-state index contributed by atoms with van der Waals surface area (Å²) in [7, 11) is 0. The zero-order valence-electron chi connectivity index (χ0n) is 26.6. The second-order valence-electron chi connectivity index (χ2n) is 11.7. The number of aryl methyl sites for hydroxylation is 4. The molecule has 0 saturated carbocycles. The Bertz CT molecular complexity index is 1950. The van der Waals surface area contributed by atoms with Crippen LogP contribution in [0.4, 0.5) is 22.7 Å². The van der Waals surface area contributed by atoms with Crippen molar-refractivity contribution in [3.05, 3.63) is 156 Å². The fourth-order valence-corrected chi connectivity index (χ4v) is 6.44. The molecule has 0 bridgehead atoms. The van der Waals surface area contributed by atoms with Gasteiger partial charge in [0.1, 0.15) is 0 Å². The second-order valence-corrected chi connectivity index (χ2v) is 11.7. The maximum absolute atomic E-state index is 4.63. The molecule has 4 aromatic heterocycles. The lowest BCUT2D eigenvalue weighted by Gasteiger charge is -2.28. The molecule has 46 heavy (non-hydrogen) atoms. The molecule has 0 amide bonds. The summed E-state index contributed by atoms with van der Waals surface area (Å²) in [5, 5.41) is 4.90.